The Morgan fingerprint density at radius 3 is 2.81 bits per heavy atom. The van der Waals surface area contributed by atoms with Crippen molar-refractivity contribution in [3.05, 3.63) is 34.3 Å². The van der Waals surface area contributed by atoms with Gasteiger partial charge in [-0.05, 0) is 49.6 Å². The highest BCUT2D eigenvalue weighted by atomic mass is 79.9. The largest absolute Gasteiger partial charge is 0.478 e. The number of carboxylic acids is 1. The summed E-state index contributed by atoms with van der Waals surface area (Å²) in [6.07, 6.45) is 5.19. The fourth-order valence-electron chi connectivity index (χ4n) is 2.61. The van der Waals surface area contributed by atoms with Crippen LogP contribution in [0.4, 0.5) is 5.69 Å². The van der Waals surface area contributed by atoms with Gasteiger partial charge in [0.25, 0.3) is 0 Å². The fraction of sp³-hybridized carbons (Fsp3) is 0.438. The molecule has 114 valence electrons. The number of hydrogen-bond donors (Lipinski definition) is 1. The van der Waals surface area contributed by atoms with Gasteiger partial charge in [-0.3, -0.25) is 0 Å². The van der Waals surface area contributed by atoms with Crippen LogP contribution in [0, 0.1) is 0 Å². The van der Waals surface area contributed by atoms with Gasteiger partial charge in [-0.1, -0.05) is 15.9 Å². The molecule has 0 bridgehead atoms. The van der Waals surface area contributed by atoms with Crippen molar-refractivity contribution in [1.82, 2.24) is 0 Å². The lowest BCUT2D eigenvalue weighted by atomic mass is 10.0. The smallest absolute Gasteiger partial charge is 0.328 e. The third-order valence-electron chi connectivity index (χ3n) is 3.58. The van der Waals surface area contributed by atoms with Crippen LogP contribution in [-0.2, 0) is 9.53 Å². The number of piperidine rings is 1. The second kappa shape index (κ2) is 7.61. The van der Waals surface area contributed by atoms with Crippen LogP contribution in [0.1, 0.15) is 25.3 Å². The first-order chi connectivity index (χ1) is 10.1. The van der Waals surface area contributed by atoms with E-state index in [4.69, 9.17) is 9.84 Å². The molecule has 1 aromatic carbocycles. The molecule has 0 radical (unpaired) electrons. The number of rotatable bonds is 5. The van der Waals surface area contributed by atoms with Gasteiger partial charge in [0.1, 0.15) is 0 Å². The Morgan fingerprint density at radius 2 is 2.19 bits per heavy atom. The first-order valence-electron chi connectivity index (χ1n) is 7.17. The third-order valence-corrected chi connectivity index (χ3v) is 4.07. The van der Waals surface area contributed by atoms with Gasteiger partial charge in [0, 0.05) is 35.9 Å². The van der Waals surface area contributed by atoms with Gasteiger partial charge in [0.2, 0.25) is 0 Å². The molecule has 0 unspecified atom stereocenters. The number of aliphatic carboxylic acids is 1. The summed E-state index contributed by atoms with van der Waals surface area (Å²) in [4.78, 5) is 13.0. The highest BCUT2D eigenvalue weighted by Crippen LogP contribution is 2.28. The Morgan fingerprint density at radius 1 is 1.48 bits per heavy atom. The molecule has 4 nitrogen and oxygen atoms in total. The van der Waals surface area contributed by atoms with Crippen molar-refractivity contribution in [2.24, 2.45) is 0 Å². The highest BCUT2D eigenvalue weighted by molar-refractivity contribution is 9.10. The summed E-state index contributed by atoms with van der Waals surface area (Å²) in [6, 6.07) is 5.97. The Balaban J connectivity index is 2.14. The highest BCUT2D eigenvalue weighted by Gasteiger charge is 2.20. The van der Waals surface area contributed by atoms with Gasteiger partial charge in [-0.2, -0.15) is 0 Å². The molecule has 1 aromatic rings. The van der Waals surface area contributed by atoms with Crippen molar-refractivity contribution in [2.75, 3.05) is 24.6 Å². The number of hydrogen-bond acceptors (Lipinski definition) is 3. The zero-order valence-electron chi connectivity index (χ0n) is 12.1. The van der Waals surface area contributed by atoms with Crippen LogP contribution in [-0.4, -0.2) is 36.9 Å². The van der Waals surface area contributed by atoms with E-state index in [-0.39, 0.29) is 0 Å². The van der Waals surface area contributed by atoms with Crippen molar-refractivity contribution in [3.8, 4) is 0 Å². The first-order valence-corrected chi connectivity index (χ1v) is 7.96. The Kier molecular flexibility index (Phi) is 5.82. The topological polar surface area (TPSA) is 49.8 Å². The standard InChI is InChI=1S/C16H20BrNO3/c1-2-21-14-7-9-18(10-8-14)15-5-4-13(17)11-12(15)3-6-16(19)20/h3-6,11,14H,2,7-10H2,1H3,(H,19,20)/b6-3+. The number of anilines is 1. The molecule has 1 heterocycles. The first kappa shape index (κ1) is 16.0. The zero-order valence-corrected chi connectivity index (χ0v) is 13.7. The Labute approximate surface area is 133 Å². The minimum atomic E-state index is -0.934. The lowest BCUT2D eigenvalue weighted by Gasteiger charge is -2.34. The number of nitrogens with zero attached hydrogens (tertiary/aromatic N) is 1. The van der Waals surface area contributed by atoms with E-state index >= 15 is 0 Å². The third kappa shape index (κ3) is 4.58. The summed E-state index contributed by atoms with van der Waals surface area (Å²) < 4.78 is 6.61. The van der Waals surface area contributed by atoms with Crippen molar-refractivity contribution >= 4 is 33.7 Å². The van der Waals surface area contributed by atoms with Crippen LogP contribution in [0.15, 0.2) is 28.7 Å². The van der Waals surface area contributed by atoms with E-state index in [0.29, 0.717) is 6.10 Å². The van der Waals surface area contributed by atoms with Crippen molar-refractivity contribution in [3.63, 3.8) is 0 Å². The van der Waals surface area contributed by atoms with Gasteiger partial charge in [-0.25, -0.2) is 4.79 Å². The second-order valence-corrected chi connectivity index (χ2v) is 5.93. The monoisotopic (exact) mass is 353 g/mol. The lowest BCUT2D eigenvalue weighted by Crippen LogP contribution is -2.37. The normalized spacial score (nSPS) is 16.6. The molecule has 0 saturated carbocycles. The van der Waals surface area contributed by atoms with Gasteiger partial charge in [-0.15, -0.1) is 0 Å². The van der Waals surface area contributed by atoms with Gasteiger partial charge in [0.05, 0.1) is 6.10 Å². The van der Waals surface area contributed by atoms with Crippen molar-refractivity contribution < 1.29 is 14.6 Å². The summed E-state index contributed by atoms with van der Waals surface area (Å²) in [5, 5.41) is 8.81. The van der Waals surface area contributed by atoms with Crippen LogP contribution in [0.3, 0.4) is 0 Å². The number of ether oxygens (including phenoxy) is 1. The molecular weight excluding hydrogens is 334 g/mol. The molecule has 0 atom stereocenters. The van der Waals surface area contributed by atoms with E-state index in [9.17, 15) is 4.79 Å². The average Bonchev–Trinajstić information content (AvgIpc) is 2.46. The molecule has 0 spiro atoms. The summed E-state index contributed by atoms with van der Waals surface area (Å²) in [7, 11) is 0. The molecule has 2 rings (SSSR count). The maximum absolute atomic E-state index is 10.7. The molecule has 1 aliphatic heterocycles. The number of halogens is 1. The number of carbonyl (C=O) groups is 1. The molecule has 1 N–H and O–H groups in total. The van der Waals surface area contributed by atoms with Crippen LogP contribution in [0.5, 0.6) is 0 Å². The van der Waals surface area contributed by atoms with E-state index in [1.165, 1.54) is 6.08 Å². The van der Waals surface area contributed by atoms with E-state index < -0.39 is 5.97 Å². The summed E-state index contributed by atoms with van der Waals surface area (Å²) in [6.45, 7) is 4.64. The van der Waals surface area contributed by atoms with Gasteiger partial charge >= 0.3 is 5.97 Å². The molecule has 0 amide bonds. The van der Waals surface area contributed by atoms with Gasteiger partial charge in [0.15, 0.2) is 0 Å². The van der Waals surface area contributed by atoms with E-state index in [1.54, 1.807) is 6.08 Å². The minimum absolute atomic E-state index is 0.347. The molecule has 5 heteroatoms. The molecule has 21 heavy (non-hydrogen) atoms. The Hall–Kier alpha value is -1.33. The molecule has 1 aliphatic rings. The summed E-state index contributed by atoms with van der Waals surface area (Å²) in [5.41, 5.74) is 1.99. The zero-order chi connectivity index (χ0) is 15.2. The van der Waals surface area contributed by atoms with E-state index in [2.05, 4.69) is 20.8 Å². The lowest BCUT2D eigenvalue weighted by molar-refractivity contribution is -0.131. The molecule has 1 saturated heterocycles. The molecule has 1 fully saturated rings. The molecular formula is C16H20BrNO3. The summed E-state index contributed by atoms with van der Waals surface area (Å²) >= 11 is 3.44. The number of benzene rings is 1. The molecule has 0 aliphatic carbocycles. The maximum Gasteiger partial charge on any atom is 0.328 e. The van der Waals surface area contributed by atoms with Crippen molar-refractivity contribution in [1.29, 1.82) is 0 Å². The Bertz CT molecular complexity index is 522. The van der Waals surface area contributed by atoms with E-state index in [0.717, 1.165) is 48.3 Å². The fourth-order valence-corrected chi connectivity index (χ4v) is 2.99. The minimum Gasteiger partial charge on any atom is -0.478 e. The predicted octanol–water partition coefficient (Wildman–Crippen LogP) is 3.55. The summed E-state index contributed by atoms with van der Waals surface area (Å²) in [5.74, 6) is -0.934. The average molecular weight is 354 g/mol. The van der Waals surface area contributed by atoms with Crippen LogP contribution >= 0.6 is 15.9 Å². The van der Waals surface area contributed by atoms with Crippen LogP contribution in [0.25, 0.3) is 6.08 Å². The maximum atomic E-state index is 10.7. The van der Waals surface area contributed by atoms with Crippen LogP contribution < -0.4 is 4.90 Å². The SMILES string of the molecule is CCOC1CCN(c2ccc(Br)cc2/C=C/C(=O)O)CC1. The quantitative estimate of drug-likeness (QED) is 0.822. The number of carboxylic acid groups (broad SMARTS) is 1. The van der Waals surface area contributed by atoms with Crippen LogP contribution in [0.2, 0.25) is 0 Å². The second-order valence-electron chi connectivity index (χ2n) is 5.02. The van der Waals surface area contributed by atoms with Gasteiger partial charge < -0.3 is 14.7 Å². The molecule has 0 aromatic heterocycles. The van der Waals surface area contributed by atoms with E-state index in [1.807, 2.05) is 25.1 Å². The van der Waals surface area contributed by atoms with Crippen molar-refractivity contribution in [2.45, 2.75) is 25.9 Å². The predicted molar refractivity (Wildman–Crippen MR) is 87.7 cm³/mol.